The highest BCUT2D eigenvalue weighted by Gasteiger charge is 2.52. The van der Waals surface area contributed by atoms with Crippen molar-refractivity contribution in [2.75, 3.05) is 0 Å². The van der Waals surface area contributed by atoms with Gasteiger partial charge < -0.3 is 10.2 Å². The van der Waals surface area contributed by atoms with Gasteiger partial charge in [0.2, 0.25) is 0 Å². The number of carboxylic acid groups (broad SMARTS) is 1. The van der Waals surface area contributed by atoms with Crippen LogP contribution in [0.1, 0.15) is 23.0 Å². The molecule has 112 valence electrons. The number of rotatable bonds is 3. The number of hydrogen-bond donors (Lipinski definition) is 2. The Labute approximate surface area is 117 Å². The quantitative estimate of drug-likeness (QED) is 0.912. The Bertz CT molecular complexity index is 677. The zero-order chi connectivity index (χ0) is 15.8. The van der Waals surface area contributed by atoms with E-state index in [4.69, 9.17) is 5.11 Å². The molecule has 8 heteroatoms. The van der Waals surface area contributed by atoms with Gasteiger partial charge in [-0.3, -0.25) is 0 Å². The van der Waals surface area contributed by atoms with Crippen LogP contribution in [0.4, 0.5) is 13.2 Å². The normalized spacial score (nSPS) is 14.7. The summed E-state index contributed by atoms with van der Waals surface area (Å²) in [7, 11) is 0. The van der Waals surface area contributed by atoms with Crippen LogP contribution >= 0.6 is 0 Å². The smallest absolute Gasteiger partial charge is 0.421 e. The SMILES string of the molecule is CC(O)(c1ccccc1-n1ccc(C(=O)O)n1)C(F)(F)F. The fraction of sp³-hybridized carbons (Fsp3) is 0.231. The number of benzene rings is 1. The van der Waals surface area contributed by atoms with Crippen LogP contribution in [0.25, 0.3) is 5.69 Å². The Kier molecular flexibility index (Phi) is 3.50. The molecule has 0 aliphatic heterocycles. The molecule has 0 spiro atoms. The lowest BCUT2D eigenvalue weighted by atomic mass is 9.93. The Morgan fingerprint density at radius 3 is 2.38 bits per heavy atom. The van der Waals surface area contributed by atoms with Crippen molar-refractivity contribution in [2.45, 2.75) is 18.7 Å². The molecule has 1 unspecified atom stereocenters. The molecule has 0 saturated heterocycles. The van der Waals surface area contributed by atoms with Gasteiger partial charge in [0, 0.05) is 11.8 Å². The molecular formula is C13H11F3N2O3. The third-order valence-corrected chi connectivity index (χ3v) is 3.04. The first-order chi connectivity index (χ1) is 9.64. The lowest BCUT2D eigenvalue weighted by molar-refractivity contribution is -0.258. The summed E-state index contributed by atoms with van der Waals surface area (Å²) in [4.78, 5) is 10.8. The van der Waals surface area contributed by atoms with E-state index in [0.717, 1.165) is 16.8 Å². The fourth-order valence-electron chi connectivity index (χ4n) is 1.81. The summed E-state index contributed by atoms with van der Waals surface area (Å²) in [5.74, 6) is -1.30. The van der Waals surface area contributed by atoms with Gasteiger partial charge in [0.25, 0.3) is 0 Å². The van der Waals surface area contributed by atoms with E-state index in [2.05, 4.69) is 5.10 Å². The van der Waals surface area contributed by atoms with Gasteiger partial charge in [0.1, 0.15) is 0 Å². The number of carbonyl (C=O) groups is 1. The molecular weight excluding hydrogens is 289 g/mol. The molecule has 1 heterocycles. The minimum absolute atomic E-state index is 0.0488. The van der Waals surface area contributed by atoms with Gasteiger partial charge in [-0.25, -0.2) is 9.48 Å². The molecule has 0 saturated carbocycles. The highest BCUT2D eigenvalue weighted by atomic mass is 19.4. The predicted molar refractivity (Wildman–Crippen MR) is 66.1 cm³/mol. The summed E-state index contributed by atoms with van der Waals surface area (Å²) < 4.78 is 39.9. The summed E-state index contributed by atoms with van der Waals surface area (Å²) in [5, 5.41) is 22.3. The second-order valence-corrected chi connectivity index (χ2v) is 4.54. The first-order valence-corrected chi connectivity index (χ1v) is 5.82. The minimum atomic E-state index is -4.88. The molecule has 1 aromatic carbocycles. The molecule has 0 amide bonds. The Morgan fingerprint density at radius 2 is 1.86 bits per heavy atom. The number of carboxylic acids is 1. The summed E-state index contributed by atoms with van der Waals surface area (Å²) >= 11 is 0. The molecule has 2 N–H and O–H groups in total. The summed E-state index contributed by atoms with van der Waals surface area (Å²) in [6, 6.07) is 6.40. The lowest BCUT2D eigenvalue weighted by Crippen LogP contribution is -2.40. The molecule has 0 aliphatic carbocycles. The maximum absolute atomic E-state index is 13.0. The fourth-order valence-corrected chi connectivity index (χ4v) is 1.81. The first kappa shape index (κ1) is 15.0. The van der Waals surface area contributed by atoms with Crippen molar-refractivity contribution in [3.63, 3.8) is 0 Å². The Hall–Kier alpha value is -2.35. The van der Waals surface area contributed by atoms with Crippen LogP contribution < -0.4 is 0 Å². The highest BCUT2D eigenvalue weighted by molar-refractivity contribution is 5.85. The van der Waals surface area contributed by atoms with Crippen LogP contribution in [0.2, 0.25) is 0 Å². The predicted octanol–water partition coefficient (Wildman–Crippen LogP) is 2.34. The minimum Gasteiger partial charge on any atom is -0.476 e. The van der Waals surface area contributed by atoms with Crippen molar-refractivity contribution >= 4 is 5.97 Å². The number of halogens is 3. The van der Waals surface area contributed by atoms with E-state index >= 15 is 0 Å². The van der Waals surface area contributed by atoms with Crippen LogP contribution in [0.15, 0.2) is 36.5 Å². The van der Waals surface area contributed by atoms with E-state index in [-0.39, 0.29) is 11.4 Å². The Morgan fingerprint density at radius 1 is 1.24 bits per heavy atom. The van der Waals surface area contributed by atoms with Crippen LogP contribution in [0, 0.1) is 0 Å². The van der Waals surface area contributed by atoms with Crippen molar-refractivity contribution in [2.24, 2.45) is 0 Å². The summed E-state index contributed by atoms with van der Waals surface area (Å²) in [6.45, 7) is 0.632. The number of hydrogen-bond acceptors (Lipinski definition) is 3. The van der Waals surface area contributed by atoms with Crippen molar-refractivity contribution < 1.29 is 28.2 Å². The van der Waals surface area contributed by atoms with E-state index in [9.17, 15) is 23.1 Å². The second kappa shape index (κ2) is 4.88. The second-order valence-electron chi connectivity index (χ2n) is 4.54. The van der Waals surface area contributed by atoms with Gasteiger partial charge >= 0.3 is 12.1 Å². The van der Waals surface area contributed by atoms with Crippen molar-refractivity contribution in [3.05, 3.63) is 47.8 Å². The van der Waals surface area contributed by atoms with E-state index in [1.54, 1.807) is 0 Å². The molecule has 0 fully saturated rings. The average molecular weight is 300 g/mol. The summed E-state index contributed by atoms with van der Waals surface area (Å²) in [6.07, 6.45) is -3.67. The standard InChI is InChI=1S/C13H11F3N2O3/c1-12(21,13(14,15)16)8-4-2-3-5-10(8)18-7-6-9(17-18)11(19)20/h2-7,21H,1H3,(H,19,20). The van der Waals surface area contributed by atoms with Crippen molar-refractivity contribution in [3.8, 4) is 5.69 Å². The molecule has 5 nitrogen and oxygen atoms in total. The molecule has 21 heavy (non-hydrogen) atoms. The van der Waals surface area contributed by atoms with Crippen LogP contribution in [-0.4, -0.2) is 32.1 Å². The third kappa shape index (κ3) is 2.62. The number of aliphatic hydroxyl groups is 1. The topological polar surface area (TPSA) is 75.4 Å². The van der Waals surface area contributed by atoms with E-state index < -0.39 is 23.3 Å². The van der Waals surface area contributed by atoms with Crippen molar-refractivity contribution in [1.29, 1.82) is 0 Å². The number of para-hydroxylation sites is 1. The lowest BCUT2D eigenvalue weighted by Gasteiger charge is -2.28. The largest absolute Gasteiger partial charge is 0.476 e. The van der Waals surface area contributed by atoms with E-state index in [1.807, 2.05) is 0 Å². The number of alkyl halides is 3. The highest BCUT2D eigenvalue weighted by Crippen LogP contribution is 2.40. The number of aromatic nitrogens is 2. The molecule has 0 aliphatic rings. The zero-order valence-corrected chi connectivity index (χ0v) is 10.8. The molecule has 2 aromatic rings. The van der Waals surface area contributed by atoms with Crippen LogP contribution in [-0.2, 0) is 5.60 Å². The maximum atomic E-state index is 13.0. The van der Waals surface area contributed by atoms with E-state index in [1.165, 1.54) is 24.4 Å². The first-order valence-electron chi connectivity index (χ1n) is 5.82. The summed E-state index contributed by atoms with van der Waals surface area (Å²) in [5.41, 5.74) is -3.86. The zero-order valence-electron chi connectivity index (χ0n) is 10.8. The molecule has 0 radical (unpaired) electrons. The van der Waals surface area contributed by atoms with Gasteiger partial charge in [-0.1, -0.05) is 18.2 Å². The van der Waals surface area contributed by atoms with Gasteiger partial charge in [0.05, 0.1) is 5.69 Å². The van der Waals surface area contributed by atoms with Crippen LogP contribution in [0.3, 0.4) is 0 Å². The van der Waals surface area contributed by atoms with Gasteiger partial charge in [-0.05, 0) is 19.1 Å². The maximum Gasteiger partial charge on any atom is 0.421 e. The Balaban J connectivity index is 2.58. The third-order valence-electron chi connectivity index (χ3n) is 3.04. The monoisotopic (exact) mass is 300 g/mol. The molecule has 1 atom stereocenters. The number of nitrogens with zero attached hydrogens (tertiary/aromatic N) is 2. The van der Waals surface area contributed by atoms with Gasteiger partial charge in [0.15, 0.2) is 11.3 Å². The molecule has 2 rings (SSSR count). The van der Waals surface area contributed by atoms with Gasteiger partial charge in [-0.2, -0.15) is 18.3 Å². The molecule has 0 bridgehead atoms. The van der Waals surface area contributed by atoms with Gasteiger partial charge in [-0.15, -0.1) is 0 Å². The molecule has 1 aromatic heterocycles. The number of aromatic carboxylic acids is 1. The average Bonchev–Trinajstić information content (AvgIpc) is 2.87. The van der Waals surface area contributed by atoms with E-state index in [0.29, 0.717) is 6.92 Å². The van der Waals surface area contributed by atoms with Crippen molar-refractivity contribution in [1.82, 2.24) is 9.78 Å². The van der Waals surface area contributed by atoms with Crippen LogP contribution in [0.5, 0.6) is 0 Å².